The van der Waals surface area contributed by atoms with Crippen LogP contribution in [0.5, 0.6) is 0 Å². The van der Waals surface area contributed by atoms with Crippen LogP contribution in [0.1, 0.15) is 38.3 Å². The Bertz CT molecular complexity index is 258. The summed E-state index contributed by atoms with van der Waals surface area (Å²) in [6.45, 7) is 4.11. The third-order valence-corrected chi connectivity index (χ3v) is 2.61. The summed E-state index contributed by atoms with van der Waals surface area (Å²) in [7, 11) is 1.74. The van der Waals surface area contributed by atoms with Gasteiger partial charge in [-0.3, -0.25) is 0 Å². The van der Waals surface area contributed by atoms with Crippen molar-refractivity contribution in [2.24, 2.45) is 0 Å². The molecule has 3 nitrogen and oxygen atoms in total. The fourth-order valence-corrected chi connectivity index (χ4v) is 1.67. The Morgan fingerprint density at radius 1 is 1.33 bits per heavy atom. The fraction of sp³-hybridized carbons (Fsp3) is 0.750. The summed E-state index contributed by atoms with van der Waals surface area (Å²) >= 11 is 0. The number of imidazole rings is 1. The second-order valence-corrected chi connectivity index (χ2v) is 3.88. The van der Waals surface area contributed by atoms with Crippen molar-refractivity contribution in [3.05, 3.63) is 18.2 Å². The lowest BCUT2D eigenvalue weighted by Crippen LogP contribution is -2.04. The normalized spacial score (nSPS) is 10.8. The predicted molar refractivity (Wildman–Crippen MR) is 61.9 cm³/mol. The highest BCUT2D eigenvalue weighted by Gasteiger charge is 2.00. The fourth-order valence-electron chi connectivity index (χ4n) is 1.67. The summed E-state index contributed by atoms with van der Waals surface area (Å²) < 4.78 is 7.32. The van der Waals surface area contributed by atoms with Gasteiger partial charge in [0.15, 0.2) is 0 Å². The van der Waals surface area contributed by atoms with E-state index in [1.54, 1.807) is 7.11 Å². The molecular weight excluding hydrogens is 188 g/mol. The highest BCUT2D eigenvalue weighted by Crippen LogP contribution is 2.05. The Morgan fingerprint density at radius 2 is 2.20 bits per heavy atom. The molecule has 0 aliphatic rings. The number of aromatic nitrogens is 2. The molecule has 15 heavy (non-hydrogen) atoms. The minimum Gasteiger partial charge on any atom is -0.384 e. The molecule has 0 fully saturated rings. The van der Waals surface area contributed by atoms with Gasteiger partial charge in [-0.1, -0.05) is 26.2 Å². The largest absolute Gasteiger partial charge is 0.384 e. The van der Waals surface area contributed by atoms with Gasteiger partial charge in [-0.25, -0.2) is 4.98 Å². The topological polar surface area (TPSA) is 27.1 Å². The van der Waals surface area contributed by atoms with Gasteiger partial charge >= 0.3 is 0 Å². The lowest BCUT2D eigenvalue weighted by atomic mass is 10.2. The number of methoxy groups -OCH3 is 1. The molecule has 86 valence electrons. The van der Waals surface area contributed by atoms with E-state index in [0.29, 0.717) is 0 Å². The first-order valence-corrected chi connectivity index (χ1v) is 5.86. The van der Waals surface area contributed by atoms with Crippen LogP contribution < -0.4 is 0 Å². The number of unbranched alkanes of at least 4 members (excludes halogenated alkanes) is 3. The van der Waals surface area contributed by atoms with Crippen LogP contribution in [-0.2, 0) is 17.7 Å². The zero-order chi connectivity index (χ0) is 10.9. The van der Waals surface area contributed by atoms with E-state index >= 15 is 0 Å². The van der Waals surface area contributed by atoms with Crippen molar-refractivity contribution in [2.75, 3.05) is 13.7 Å². The third kappa shape index (κ3) is 4.47. The molecule has 0 aliphatic heterocycles. The van der Waals surface area contributed by atoms with E-state index in [9.17, 15) is 0 Å². The van der Waals surface area contributed by atoms with E-state index in [0.717, 1.165) is 19.6 Å². The van der Waals surface area contributed by atoms with Crippen molar-refractivity contribution in [3.8, 4) is 0 Å². The summed E-state index contributed by atoms with van der Waals surface area (Å²) in [4.78, 5) is 4.18. The van der Waals surface area contributed by atoms with E-state index in [1.807, 2.05) is 12.5 Å². The molecule has 0 spiro atoms. The van der Waals surface area contributed by atoms with E-state index in [4.69, 9.17) is 4.74 Å². The van der Waals surface area contributed by atoms with Crippen LogP contribution >= 0.6 is 0 Å². The van der Waals surface area contributed by atoms with Gasteiger partial charge in [-0.15, -0.1) is 0 Å². The summed E-state index contributed by atoms with van der Waals surface area (Å²) in [6.07, 6.45) is 10.0. The second-order valence-electron chi connectivity index (χ2n) is 3.88. The SMILES string of the molecule is CCCCCCn1cncc1CCOC. The quantitative estimate of drug-likeness (QED) is 0.617. The third-order valence-electron chi connectivity index (χ3n) is 2.61. The van der Waals surface area contributed by atoms with Crippen LogP contribution in [-0.4, -0.2) is 23.3 Å². The molecule has 1 heterocycles. The highest BCUT2D eigenvalue weighted by molar-refractivity contribution is 4.98. The molecule has 0 amide bonds. The van der Waals surface area contributed by atoms with Crippen LogP contribution in [0.4, 0.5) is 0 Å². The van der Waals surface area contributed by atoms with Gasteiger partial charge in [0.1, 0.15) is 0 Å². The molecule has 0 N–H and O–H groups in total. The van der Waals surface area contributed by atoms with Gasteiger partial charge in [0.25, 0.3) is 0 Å². The van der Waals surface area contributed by atoms with Crippen molar-refractivity contribution in [3.63, 3.8) is 0 Å². The Hall–Kier alpha value is -0.830. The zero-order valence-corrected chi connectivity index (χ0v) is 9.91. The molecule has 1 aromatic heterocycles. The van der Waals surface area contributed by atoms with Gasteiger partial charge in [0, 0.05) is 32.0 Å². The molecule has 0 atom stereocenters. The molecule has 0 saturated heterocycles. The molecule has 1 rings (SSSR count). The van der Waals surface area contributed by atoms with Crippen molar-refractivity contribution < 1.29 is 4.74 Å². The van der Waals surface area contributed by atoms with E-state index < -0.39 is 0 Å². The molecule has 0 saturated carbocycles. The zero-order valence-electron chi connectivity index (χ0n) is 9.91. The smallest absolute Gasteiger partial charge is 0.0948 e. The molecule has 0 bridgehead atoms. The second kappa shape index (κ2) is 7.46. The lowest BCUT2D eigenvalue weighted by molar-refractivity contribution is 0.200. The van der Waals surface area contributed by atoms with Crippen LogP contribution in [0.3, 0.4) is 0 Å². The predicted octanol–water partition coefficient (Wildman–Crippen LogP) is 2.65. The summed E-state index contributed by atoms with van der Waals surface area (Å²) in [5.41, 5.74) is 1.29. The van der Waals surface area contributed by atoms with E-state index in [1.165, 1.54) is 31.4 Å². The van der Waals surface area contributed by atoms with Crippen molar-refractivity contribution in [1.82, 2.24) is 9.55 Å². The van der Waals surface area contributed by atoms with E-state index in [2.05, 4.69) is 16.5 Å². The van der Waals surface area contributed by atoms with Crippen LogP contribution in [0, 0.1) is 0 Å². The van der Waals surface area contributed by atoms with Crippen LogP contribution in [0.15, 0.2) is 12.5 Å². The molecule has 3 heteroatoms. The molecule has 0 aliphatic carbocycles. The van der Waals surface area contributed by atoms with Gasteiger partial charge in [-0.2, -0.15) is 0 Å². The number of ether oxygens (including phenoxy) is 1. The van der Waals surface area contributed by atoms with Crippen LogP contribution in [0.2, 0.25) is 0 Å². The molecule has 1 aromatic rings. The van der Waals surface area contributed by atoms with Gasteiger partial charge < -0.3 is 9.30 Å². The van der Waals surface area contributed by atoms with Crippen molar-refractivity contribution in [1.29, 1.82) is 0 Å². The van der Waals surface area contributed by atoms with Gasteiger partial charge in [0.2, 0.25) is 0 Å². The number of aryl methyl sites for hydroxylation is 1. The molecule has 0 radical (unpaired) electrons. The van der Waals surface area contributed by atoms with Gasteiger partial charge in [0.05, 0.1) is 12.9 Å². The Labute approximate surface area is 92.5 Å². The number of hydrogen-bond acceptors (Lipinski definition) is 2. The minimum atomic E-state index is 0.778. The Morgan fingerprint density at radius 3 is 2.93 bits per heavy atom. The number of rotatable bonds is 8. The lowest BCUT2D eigenvalue weighted by Gasteiger charge is -2.07. The first-order valence-electron chi connectivity index (χ1n) is 5.86. The molecule has 0 unspecified atom stereocenters. The van der Waals surface area contributed by atoms with Crippen molar-refractivity contribution in [2.45, 2.75) is 45.6 Å². The first-order chi connectivity index (χ1) is 7.38. The minimum absolute atomic E-state index is 0.778. The number of hydrogen-bond donors (Lipinski definition) is 0. The Balaban J connectivity index is 2.29. The molecular formula is C12H22N2O. The molecule has 0 aromatic carbocycles. The van der Waals surface area contributed by atoms with Crippen LogP contribution in [0.25, 0.3) is 0 Å². The van der Waals surface area contributed by atoms with Gasteiger partial charge in [-0.05, 0) is 6.42 Å². The standard InChI is InChI=1S/C12H22N2O/c1-3-4-5-6-8-14-11-13-10-12(14)7-9-15-2/h10-11H,3-9H2,1-2H3. The maximum atomic E-state index is 5.07. The summed E-state index contributed by atoms with van der Waals surface area (Å²) in [5.74, 6) is 0. The maximum Gasteiger partial charge on any atom is 0.0948 e. The monoisotopic (exact) mass is 210 g/mol. The first kappa shape index (κ1) is 12.2. The van der Waals surface area contributed by atoms with E-state index in [-0.39, 0.29) is 0 Å². The average molecular weight is 210 g/mol. The summed E-state index contributed by atoms with van der Waals surface area (Å²) in [6, 6.07) is 0. The van der Waals surface area contributed by atoms with Crippen molar-refractivity contribution >= 4 is 0 Å². The average Bonchev–Trinajstić information content (AvgIpc) is 2.69. The number of nitrogens with zero attached hydrogens (tertiary/aromatic N) is 2. The highest BCUT2D eigenvalue weighted by atomic mass is 16.5. The summed E-state index contributed by atoms with van der Waals surface area (Å²) in [5, 5.41) is 0. The Kier molecular flexibility index (Phi) is 6.09. The maximum absolute atomic E-state index is 5.07.